The van der Waals surface area contributed by atoms with Crippen molar-refractivity contribution in [3.8, 4) is 0 Å². The van der Waals surface area contributed by atoms with E-state index in [4.69, 9.17) is 0 Å². The second-order valence-electron chi connectivity index (χ2n) is 4.16. The van der Waals surface area contributed by atoms with Crippen molar-refractivity contribution in [2.24, 2.45) is 0 Å². The number of aromatic carboxylic acids is 1. The number of thioether (sulfide) groups is 2. The van der Waals surface area contributed by atoms with Gasteiger partial charge in [-0.15, -0.1) is 23.1 Å². The Kier molecular flexibility index (Phi) is 4.38. The fraction of sp³-hybridized carbons (Fsp3) is 0.636. The van der Waals surface area contributed by atoms with Gasteiger partial charge in [0.1, 0.15) is 9.88 Å². The Bertz CT molecular complexity index is 411. The van der Waals surface area contributed by atoms with Crippen LogP contribution in [0.3, 0.4) is 0 Å². The van der Waals surface area contributed by atoms with Crippen molar-refractivity contribution in [3.05, 3.63) is 15.6 Å². The summed E-state index contributed by atoms with van der Waals surface area (Å²) in [5.74, 6) is 2.71. The molecule has 6 heteroatoms. The van der Waals surface area contributed by atoms with Gasteiger partial charge in [0.15, 0.2) is 0 Å². The lowest BCUT2D eigenvalue weighted by Crippen LogP contribution is -2.06. The van der Waals surface area contributed by atoms with Crippen LogP contribution < -0.4 is 0 Å². The summed E-state index contributed by atoms with van der Waals surface area (Å²) >= 11 is 5.18. The fourth-order valence-electron chi connectivity index (χ4n) is 1.66. The minimum absolute atomic E-state index is 0.173. The van der Waals surface area contributed by atoms with Gasteiger partial charge in [0, 0.05) is 17.3 Å². The summed E-state index contributed by atoms with van der Waals surface area (Å²) in [4.78, 5) is 16.2. The molecule has 0 saturated carbocycles. The molecule has 2 rings (SSSR count). The van der Waals surface area contributed by atoms with Crippen LogP contribution in [0.2, 0.25) is 0 Å². The quantitative estimate of drug-likeness (QED) is 0.923. The maximum Gasteiger partial charge on any atom is 0.347 e. The Labute approximate surface area is 113 Å². The molecule has 94 valence electrons. The standard InChI is InChI=1S/C11H15NO2S3/c1-6(2)8-9(11(13)14)17-10(12-8)7-5-15-3-4-16-7/h6-7H,3-5H2,1-2H3,(H,13,14). The molecule has 1 aliphatic rings. The van der Waals surface area contributed by atoms with Crippen LogP contribution in [0.4, 0.5) is 0 Å². The average Bonchev–Trinajstić information content (AvgIpc) is 2.75. The van der Waals surface area contributed by atoms with Crippen molar-refractivity contribution < 1.29 is 9.90 Å². The van der Waals surface area contributed by atoms with Crippen LogP contribution in [-0.4, -0.2) is 33.3 Å². The first-order valence-corrected chi connectivity index (χ1v) is 8.55. The molecule has 0 radical (unpaired) electrons. The molecule has 1 aliphatic heterocycles. The molecule has 0 aliphatic carbocycles. The van der Waals surface area contributed by atoms with E-state index in [-0.39, 0.29) is 5.92 Å². The zero-order valence-electron chi connectivity index (χ0n) is 9.80. The van der Waals surface area contributed by atoms with Crippen molar-refractivity contribution in [2.75, 3.05) is 17.3 Å². The average molecular weight is 289 g/mol. The van der Waals surface area contributed by atoms with Crippen LogP contribution in [0, 0.1) is 0 Å². The van der Waals surface area contributed by atoms with E-state index in [0.29, 0.717) is 10.1 Å². The van der Waals surface area contributed by atoms with Gasteiger partial charge in [0.2, 0.25) is 0 Å². The molecule has 1 atom stereocenters. The summed E-state index contributed by atoms with van der Waals surface area (Å²) in [7, 11) is 0. The molecule has 17 heavy (non-hydrogen) atoms. The first kappa shape index (κ1) is 13.2. The molecule has 1 aromatic heterocycles. The first-order valence-electron chi connectivity index (χ1n) is 5.53. The Hall–Kier alpha value is -0.200. The van der Waals surface area contributed by atoms with E-state index < -0.39 is 5.97 Å². The molecule has 0 bridgehead atoms. The van der Waals surface area contributed by atoms with Crippen molar-refractivity contribution in [3.63, 3.8) is 0 Å². The van der Waals surface area contributed by atoms with Crippen molar-refractivity contribution in [2.45, 2.75) is 25.0 Å². The highest BCUT2D eigenvalue weighted by Gasteiger charge is 2.25. The highest BCUT2D eigenvalue weighted by atomic mass is 32.2. The third-order valence-corrected chi connectivity index (χ3v) is 6.59. The number of rotatable bonds is 3. The topological polar surface area (TPSA) is 50.2 Å². The van der Waals surface area contributed by atoms with E-state index in [9.17, 15) is 9.90 Å². The summed E-state index contributed by atoms with van der Waals surface area (Å²) in [6.07, 6.45) is 0. The third kappa shape index (κ3) is 2.98. The Morgan fingerprint density at radius 3 is 2.71 bits per heavy atom. The minimum atomic E-state index is -0.842. The Morgan fingerprint density at radius 1 is 1.47 bits per heavy atom. The molecular formula is C11H15NO2S3. The smallest absolute Gasteiger partial charge is 0.347 e. The van der Waals surface area contributed by atoms with Crippen LogP contribution >= 0.6 is 34.9 Å². The van der Waals surface area contributed by atoms with Gasteiger partial charge in [-0.05, 0) is 5.92 Å². The lowest BCUT2D eigenvalue weighted by molar-refractivity contribution is 0.0700. The number of aromatic nitrogens is 1. The zero-order valence-corrected chi connectivity index (χ0v) is 12.3. The van der Waals surface area contributed by atoms with Crippen molar-refractivity contribution in [1.82, 2.24) is 4.98 Å². The molecule has 1 aromatic rings. The number of thiazole rings is 1. The predicted molar refractivity (Wildman–Crippen MR) is 75.7 cm³/mol. The van der Waals surface area contributed by atoms with Crippen molar-refractivity contribution >= 4 is 40.8 Å². The number of carbonyl (C=O) groups is 1. The Morgan fingerprint density at radius 2 is 2.24 bits per heavy atom. The monoisotopic (exact) mass is 289 g/mol. The molecule has 1 unspecified atom stereocenters. The summed E-state index contributed by atoms with van der Waals surface area (Å²) < 4.78 is 0. The molecule has 1 fully saturated rings. The van der Waals surface area contributed by atoms with E-state index in [1.54, 1.807) is 0 Å². The molecule has 2 heterocycles. The lowest BCUT2D eigenvalue weighted by Gasteiger charge is -2.18. The van der Waals surface area contributed by atoms with Crippen LogP contribution in [0.15, 0.2) is 0 Å². The van der Waals surface area contributed by atoms with Crippen LogP contribution in [0.5, 0.6) is 0 Å². The van der Waals surface area contributed by atoms with Crippen LogP contribution in [0.1, 0.15) is 45.4 Å². The van der Waals surface area contributed by atoms with Crippen LogP contribution in [-0.2, 0) is 0 Å². The summed E-state index contributed by atoms with van der Waals surface area (Å²) in [6, 6.07) is 0. The number of hydrogen-bond acceptors (Lipinski definition) is 5. The van der Waals surface area contributed by atoms with Gasteiger partial charge in [-0.1, -0.05) is 13.8 Å². The van der Waals surface area contributed by atoms with E-state index in [1.165, 1.54) is 17.1 Å². The summed E-state index contributed by atoms with van der Waals surface area (Å²) in [5.41, 5.74) is 0.744. The Balaban J connectivity index is 2.29. The van der Waals surface area contributed by atoms with Crippen LogP contribution in [0.25, 0.3) is 0 Å². The number of hydrogen-bond donors (Lipinski definition) is 1. The van der Waals surface area contributed by atoms with Gasteiger partial charge in [0.05, 0.1) is 10.9 Å². The minimum Gasteiger partial charge on any atom is -0.477 e. The van der Waals surface area contributed by atoms with Gasteiger partial charge < -0.3 is 5.11 Å². The number of carboxylic acids is 1. The van der Waals surface area contributed by atoms with Gasteiger partial charge >= 0.3 is 5.97 Å². The van der Waals surface area contributed by atoms with Gasteiger partial charge in [0.25, 0.3) is 0 Å². The molecule has 1 saturated heterocycles. The van der Waals surface area contributed by atoms with E-state index >= 15 is 0 Å². The summed E-state index contributed by atoms with van der Waals surface area (Å²) in [6.45, 7) is 3.99. The van der Waals surface area contributed by atoms with E-state index in [0.717, 1.165) is 22.2 Å². The highest BCUT2D eigenvalue weighted by molar-refractivity contribution is 8.06. The molecule has 3 nitrogen and oxygen atoms in total. The van der Waals surface area contributed by atoms with Gasteiger partial charge in [-0.2, -0.15) is 11.8 Å². The number of nitrogens with zero attached hydrogens (tertiary/aromatic N) is 1. The molecule has 0 amide bonds. The number of carboxylic acid groups (broad SMARTS) is 1. The van der Waals surface area contributed by atoms with Crippen molar-refractivity contribution in [1.29, 1.82) is 0 Å². The maximum atomic E-state index is 11.2. The third-order valence-electron chi connectivity index (χ3n) is 2.50. The van der Waals surface area contributed by atoms with Gasteiger partial charge in [-0.3, -0.25) is 0 Å². The predicted octanol–water partition coefficient (Wildman–Crippen LogP) is 3.49. The van der Waals surface area contributed by atoms with E-state index in [1.807, 2.05) is 37.4 Å². The lowest BCUT2D eigenvalue weighted by atomic mass is 10.1. The van der Waals surface area contributed by atoms with E-state index in [2.05, 4.69) is 4.98 Å². The van der Waals surface area contributed by atoms with Gasteiger partial charge in [-0.25, -0.2) is 9.78 Å². The zero-order chi connectivity index (χ0) is 12.4. The fourth-order valence-corrected chi connectivity index (χ4v) is 5.71. The summed E-state index contributed by atoms with van der Waals surface area (Å²) in [5, 5.41) is 10.6. The maximum absolute atomic E-state index is 11.2. The second kappa shape index (κ2) is 5.63. The highest BCUT2D eigenvalue weighted by Crippen LogP contribution is 2.40. The molecule has 0 spiro atoms. The largest absolute Gasteiger partial charge is 0.477 e. The normalized spacial score (nSPS) is 20.8. The second-order valence-corrected chi connectivity index (χ2v) is 7.65. The SMILES string of the molecule is CC(C)c1nc(C2CSCCS2)sc1C(=O)O. The first-order chi connectivity index (χ1) is 8.09. The molecular weight excluding hydrogens is 274 g/mol. The molecule has 1 N–H and O–H groups in total. The molecule has 0 aromatic carbocycles.